The highest BCUT2D eigenvalue weighted by molar-refractivity contribution is 6.49. The highest BCUT2D eigenvalue weighted by atomic mass is 16.5. The third-order valence-corrected chi connectivity index (χ3v) is 18.3. The Balaban J connectivity index is 1.12. The Kier molecular flexibility index (Phi) is 3.28. The van der Waals surface area contributed by atoms with Crippen LogP contribution in [0, 0.1) is 0 Å². The van der Waals surface area contributed by atoms with Crippen LogP contribution in [-0.4, -0.2) is 13.1 Å². The third kappa shape index (κ3) is 1.97. The minimum atomic E-state index is -0.0728. The van der Waals surface area contributed by atoms with Crippen LogP contribution in [-0.2, 0) is 26.8 Å². The lowest BCUT2D eigenvalue weighted by molar-refractivity contribution is -0.140. The van der Waals surface area contributed by atoms with Crippen molar-refractivity contribution in [3.8, 4) is 0 Å². The molecule has 18 rings (SSSR count). The normalized spacial score (nSPS) is 33.0. The molecule has 1 saturated carbocycles. The molecule has 0 bridgehead atoms. The second-order valence-electron chi connectivity index (χ2n) is 19.4. The lowest BCUT2D eigenvalue weighted by Gasteiger charge is -2.35. The number of esters is 1. The van der Waals surface area contributed by atoms with Crippen molar-refractivity contribution in [3.05, 3.63) is 121 Å². The number of benzene rings is 5. The van der Waals surface area contributed by atoms with Crippen LogP contribution in [0.25, 0.3) is 70.6 Å². The number of ether oxygens (including phenoxy) is 1. The standard InChI is InChI=1S/C51H32O2/c1-53-27(52)8-5-9-50(25-6-3-2-4-7-25)49-26-16-23-14-20-12-21-11-18-10-19-13-22-15-24-17-51(49,50)48-34(24)39-33(22)38-29(19)28(18)36-32(21)37-30(20)31(23)40-35(26)47(48)46-44(39)42(38)41(36)43(37)45(40)46/h2-4,6-7,12,15-16,19,24,30,37,49H,5,8-11,13-14,17H2,1H3. The molecule has 2 heteroatoms. The fourth-order valence-electron chi connectivity index (χ4n) is 17.6. The number of carbonyl (C=O) groups is 1. The van der Waals surface area contributed by atoms with E-state index in [1.54, 1.807) is 144 Å². The van der Waals surface area contributed by atoms with Gasteiger partial charge in [0.05, 0.1) is 7.11 Å². The molecule has 0 N–H and O–H groups in total. The molecular formula is C51H32O2. The number of rotatable bonds is 5. The highest BCUT2D eigenvalue weighted by Crippen LogP contribution is 2.87. The maximum absolute atomic E-state index is 12.7. The predicted molar refractivity (Wildman–Crippen MR) is 209 cm³/mol. The summed E-state index contributed by atoms with van der Waals surface area (Å²) in [5.74, 6) is 2.49. The van der Waals surface area contributed by atoms with Gasteiger partial charge in [0.25, 0.3) is 0 Å². The Labute approximate surface area is 304 Å². The smallest absolute Gasteiger partial charge is 0.305 e. The van der Waals surface area contributed by atoms with E-state index in [4.69, 9.17) is 4.74 Å². The molecule has 11 aliphatic rings. The van der Waals surface area contributed by atoms with E-state index in [0.29, 0.717) is 36.0 Å². The molecule has 0 amide bonds. The summed E-state index contributed by atoms with van der Waals surface area (Å²) in [6, 6.07) is 14.5. The topological polar surface area (TPSA) is 26.3 Å². The molecule has 248 valence electrons. The molecule has 11 aliphatic carbocycles. The summed E-state index contributed by atoms with van der Waals surface area (Å²) in [5, 5.41) is 18.6. The van der Waals surface area contributed by atoms with Crippen molar-refractivity contribution >= 4 is 76.6 Å². The van der Waals surface area contributed by atoms with E-state index in [1.165, 1.54) is 31.2 Å². The minimum absolute atomic E-state index is 0.0361. The molecule has 0 aliphatic heterocycles. The van der Waals surface area contributed by atoms with Gasteiger partial charge in [-0.1, -0.05) is 59.7 Å². The van der Waals surface area contributed by atoms with E-state index in [2.05, 4.69) is 48.6 Å². The summed E-state index contributed by atoms with van der Waals surface area (Å²) in [4.78, 5) is 12.7. The first kappa shape index (κ1) is 25.1. The molecule has 7 aromatic rings. The minimum Gasteiger partial charge on any atom is -0.469 e. The van der Waals surface area contributed by atoms with Crippen LogP contribution in [0.1, 0.15) is 130 Å². The fourth-order valence-corrected chi connectivity index (χ4v) is 17.6. The Bertz CT molecular complexity index is 3420. The number of hydrogen-bond donors (Lipinski definition) is 0. The van der Waals surface area contributed by atoms with Crippen LogP contribution >= 0.6 is 0 Å². The first-order chi connectivity index (χ1) is 26.2. The average Bonchev–Trinajstić information content (AvgIpc) is 3.86. The van der Waals surface area contributed by atoms with Gasteiger partial charge >= 0.3 is 5.97 Å². The molecular weight excluding hydrogens is 645 g/mol. The summed E-state index contributed by atoms with van der Waals surface area (Å²) in [6.07, 6.45) is 14.0. The maximum atomic E-state index is 12.7. The van der Waals surface area contributed by atoms with Crippen LogP contribution in [0.3, 0.4) is 0 Å². The van der Waals surface area contributed by atoms with Gasteiger partial charge in [-0.3, -0.25) is 4.79 Å². The average molecular weight is 677 g/mol. The number of hydrogen-bond acceptors (Lipinski definition) is 2. The molecule has 0 saturated heterocycles. The summed E-state index contributed by atoms with van der Waals surface area (Å²) in [5.41, 5.74) is 25.6. The van der Waals surface area contributed by atoms with Crippen LogP contribution in [0.2, 0.25) is 0 Å². The van der Waals surface area contributed by atoms with Crippen LogP contribution in [0.5, 0.6) is 0 Å². The quantitative estimate of drug-likeness (QED) is 0.134. The van der Waals surface area contributed by atoms with E-state index >= 15 is 0 Å². The van der Waals surface area contributed by atoms with Gasteiger partial charge in [-0.25, -0.2) is 0 Å². The van der Waals surface area contributed by atoms with Crippen molar-refractivity contribution in [2.45, 2.75) is 91.8 Å². The summed E-state index contributed by atoms with van der Waals surface area (Å²) in [6.45, 7) is 0. The number of methoxy groups -OCH3 is 1. The zero-order valence-corrected chi connectivity index (χ0v) is 29.5. The molecule has 1 fully saturated rings. The lowest BCUT2D eigenvalue weighted by Crippen LogP contribution is -2.23. The maximum Gasteiger partial charge on any atom is 0.305 e. The Morgan fingerprint density at radius 3 is 2.57 bits per heavy atom. The molecule has 7 atom stereocenters. The fraction of sp³-hybridized carbons (Fsp3) is 0.314. The Hall–Kier alpha value is -4.95. The zero-order valence-electron chi connectivity index (χ0n) is 29.5. The van der Waals surface area contributed by atoms with Crippen molar-refractivity contribution in [1.82, 2.24) is 0 Å². The van der Waals surface area contributed by atoms with Gasteiger partial charge in [0.2, 0.25) is 0 Å². The SMILES string of the molecule is COC(=O)CCCC1(c2ccccc2)C2c3cc4c5c6c3c3c7c8c9c%10c%11c%12c%13c%14c%15c(c6c3c9c%11%15)C3C%14=C(C=C(C4)C53)CC=%13CC%12CC%10=CC8CC721. The molecule has 7 unspecified atom stereocenters. The summed E-state index contributed by atoms with van der Waals surface area (Å²) < 4.78 is 5.24. The van der Waals surface area contributed by atoms with E-state index < -0.39 is 0 Å². The summed E-state index contributed by atoms with van der Waals surface area (Å²) in [7, 11) is 1.55. The molecule has 0 radical (unpaired) electrons. The summed E-state index contributed by atoms with van der Waals surface area (Å²) >= 11 is 0. The highest BCUT2D eigenvalue weighted by Gasteiger charge is 2.81. The molecule has 7 aromatic carbocycles. The van der Waals surface area contributed by atoms with E-state index in [1.807, 2.05) is 0 Å². The number of allylic oxidation sites excluding steroid dienone is 6. The van der Waals surface area contributed by atoms with Crippen molar-refractivity contribution < 1.29 is 9.53 Å². The van der Waals surface area contributed by atoms with Crippen LogP contribution in [0.15, 0.2) is 59.7 Å². The molecule has 1 spiro atoms. The number of fused-ring (bicyclic) bond motifs is 1. The van der Waals surface area contributed by atoms with Gasteiger partial charge in [-0.2, -0.15) is 0 Å². The second kappa shape index (κ2) is 6.92. The van der Waals surface area contributed by atoms with Gasteiger partial charge in [0.15, 0.2) is 0 Å². The van der Waals surface area contributed by atoms with Gasteiger partial charge in [-0.15, -0.1) is 0 Å². The Morgan fingerprint density at radius 2 is 1.66 bits per heavy atom. The molecule has 53 heavy (non-hydrogen) atoms. The monoisotopic (exact) mass is 676 g/mol. The lowest BCUT2D eigenvalue weighted by atomic mass is 9.67. The van der Waals surface area contributed by atoms with Crippen molar-refractivity contribution in [3.63, 3.8) is 0 Å². The number of carbonyl (C=O) groups excluding carboxylic acids is 1. The largest absolute Gasteiger partial charge is 0.469 e. The van der Waals surface area contributed by atoms with Crippen LogP contribution in [0.4, 0.5) is 0 Å². The first-order valence-electron chi connectivity index (χ1n) is 20.6. The van der Waals surface area contributed by atoms with E-state index in [0.717, 1.165) is 19.3 Å². The van der Waals surface area contributed by atoms with Gasteiger partial charge in [-0.05, 0) is 182 Å². The van der Waals surface area contributed by atoms with E-state index in [-0.39, 0.29) is 16.8 Å². The second-order valence-corrected chi connectivity index (χ2v) is 19.4. The third-order valence-electron chi connectivity index (χ3n) is 18.3. The van der Waals surface area contributed by atoms with E-state index in [9.17, 15) is 4.79 Å². The predicted octanol–water partition coefficient (Wildman–Crippen LogP) is 10.5. The Morgan fingerprint density at radius 1 is 0.830 bits per heavy atom. The van der Waals surface area contributed by atoms with Gasteiger partial charge < -0.3 is 4.74 Å². The molecule has 2 nitrogen and oxygen atoms in total. The van der Waals surface area contributed by atoms with Gasteiger partial charge in [0, 0.05) is 40.9 Å². The zero-order chi connectivity index (χ0) is 33.5. The van der Waals surface area contributed by atoms with Crippen molar-refractivity contribution in [1.29, 1.82) is 0 Å². The van der Waals surface area contributed by atoms with Crippen LogP contribution < -0.4 is 5.22 Å². The molecule has 0 aromatic heterocycles. The van der Waals surface area contributed by atoms with Crippen molar-refractivity contribution in [2.75, 3.05) is 7.11 Å². The molecule has 0 heterocycles. The van der Waals surface area contributed by atoms with Crippen molar-refractivity contribution in [2.24, 2.45) is 0 Å². The first-order valence-corrected chi connectivity index (χ1v) is 20.6. The van der Waals surface area contributed by atoms with Gasteiger partial charge in [0.1, 0.15) is 0 Å².